The molecule has 2 aromatic carbocycles. The molecule has 0 amide bonds. The summed E-state index contributed by atoms with van der Waals surface area (Å²) in [4.78, 5) is 0. The third-order valence-corrected chi connectivity index (χ3v) is 4.20. The van der Waals surface area contributed by atoms with Gasteiger partial charge in [0, 0.05) is 6.42 Å². The monoisotopic (exact) mass is 368 g/mol. The van der Waals surface area contributed by atoms with Gasteiger partial charge in [-0.3, -0.25) is 0 Å². The zero-order valence-corrected chi connectivity index (χ0v) is 14.2. The highest BCUT2D eigenvalue weighted by molar-refractivity contribution is 7.86. The summed E-state index contributed by atoms with van der Waals surface area (Å²) in [5.74, 6) is 0.114. The van der Waals surface area contributed by atoms with Crippen LogP contribution in [-0.2, 0) is 14.3 Å². The van der Waals surface area contributed by atoms with Crippen molar-refractivity contribution in [3.8, 4) is 11.5 Å². The van der Waals surface area contributed by atoms with Crippen molar-refractivity contribution in [1.29, 1.82) is 0 Å². The van der Waals surface area contributed by atoms with Gasteiger partial charge in [0.25, 0.3) is 10.1 Å². The molecule has 0 aliphatic heterocycles. The van der Waals surface area contributed by atoms with Crippen LogP contribution >= 0.6 is 0 Å². The van der Waals surface area contributed by atoms with Gasteiger partial charge in [-0.25, -0.2) is 4.18 Å². The molecule has 2 N–H and O–H groups in total. The first kappa shape index (κ1) is 19.2. The van der Waals surface area contributed by atoms with Crippen molar-refractivity contribution in [2.45, 2.75) is 19.0 Å². The van der Waals surface area contributed by atoms with E-state index in [1.807, 2.05) is 18.2 Å². The number of hydrogen-bond donors (Lipinski definition) is 2. The van der Waals surface area contributed by atoms with Crippen LogP contribution in [0, 0.1) is 0 Å². The fourth-order valence-corrected chi connectivity index (χ4v) is 2.86. The van der Waals surface area contributed by atoms with Gasteiger partial charge in [-0.05, 0) is 24.3 Å². The zero-order chi connectivity index (χ0) is 18.1. The van der Waals surface area contributed by atoms with Gasteiger partial charge in [0.1, 0.15) is 17.3 Å². The van der Waals surface area contributed by atoms with Gasteiger partial charge in [-0.1, -0.05) is 36.4 Å². The molecular formula is C17H20O7S. The van der Waals surface area contributed by atoms with E-state index in [0.717, 1.165) is 0 Å². The second kappa shape index (κ2) is 9.38. The Morgan fingerprint density at radius 3 is 2.00 bits per heavy atom. The SMILES string of the molecule is O=S(=O)(CC(O)O)OC(CCOc1ccccc1)Oc1ccccc1. The van der Waals surface area contributed by atoms with Crippen molar-refractivity contribution >= 4 is 10.1 Å². The quantitative estimate of drug-likeness (QED) is 0.484. The van der Waals surface area contributed by atoms with E-state index in [9.17, 15) is 8.42 Å². The highest BCUT2D eigenvalue weighted by Crippen LogP contribution is 2.16. The lowest BCUT2D eigenvalue weighted by Gasteiger charge is -2.19. The minimum absolute atomic E-state index is 0.116. The molecule has 0 bridgehead atoms. The van der Waals surface area contributed by atoms with E-state index in [4.69, 9.17) is 23.9 Å². The van der Waals surface area contributed by atoms with E-state index in [2.05, 4.69) is 0 Å². The number of para-hydroxylation sites is 2. The van der Waals surface area contributed by atoms with Crippen LogP contribution in [0.5, 0.6) is 11.5 Å². The molecule has 0 aliphatic carbocycles. The van der Waals surface area contributed by atoms with Crippen LogP contribution in [0.2, 0.25) is 0 Å². The maximum absolute atomic E-state index is 11.8. The molecule has 25 heavy (non-hydrogen) atoms. The summed E-state index contributed by atoms with van der Waals surface area (Å²) in [6.45, 7) is 0.152. The Hall–Kier alpha value is -2.13. The second-order valence-corrected chi connectivity index (χ2v) is 6.75. The standard InChI is InChI=1S/C17H20O7S/c18-16(19)13-25(20,21)24-17(23-15-9-5-2-6-10-15)11-12-22-14-7-3-1-4-8-14/h1-10,16-19H,11-13H2. The predicted molar refractivity (Wildman–Crippen MR) is 90.5 cm³/mol. The van der Waals surface area contributed by atoms with E-state index < -0.39 is 28.5 Å². The number of aliphatic hydroxyl groups excluding tert-OH is 1. The van der Waals surface area contributed by atoms with E-state index in [-0.39, 0.29) is 13.0 Å². The summed E-state index contributed by atoms with van der Waals surface area (Å²) in [6, 6.07) is 17.6. The summed E-state index contributed by atoms with van der Waals surface area (Å²) in [6.07, 6.45) is -3.07. The number of benzene rings is 2. The molecule has 0 aliphatic rings. The first-order valence-electron chi connectivity index (χ1n) is 7.61. The Morgan fingerprint density at radius 2 is 1.44 bits per heavy atom. The van der Waals surface area contributed by atoms with Crippen molar-refractivity contribution in [2.24, 2.45) is 0 Å². The predicted octanol–water partition coefficient (Wildman–Crippen LogP) is 1.52. The Labute approximate surface area is 146 Å². The molecule has 7 nitrogen and oxygen atoms in total. The normalized spacial score (nSPS) is 12.8. The van der Waals surface area contributed by atoms with Crippen LogP contribution in [-0.4, -0.2) is 43.6 Å². The molecule has 0 saturated carbocycles. The van der Waals surface area contributed by atoms with Gasteiger partial charge >= 0.3 is 0 Å². The average Bonchev–Trinajstić information content (AvgIpc) is 2.55. The number of ether oxygens (including phenoxy) is 2. The first-order valence-corrected chi connectivity index (χ1v) is 9.19. The first-order chi connectivity index (χ1) is 11.9. The van der Waals surface area contributed by atoms with Crippen molar-refractivity contribution < 1.29 is 32.3 Å². The molecule has 1 unspecified atom stereocenters. The molecule has 0 aromatic heterocycles. The molecule has 0 radical (unpaired) electrons. The van der Waals surface area contributed by atoms with E-state index in [1.165, 1.54) is 0 Å². The Morgan fingerprint density at radius 1 is 0.880 bits per heavy atom. The molecule has 136 valence electrons. The Kier molecular flexibility index (Phi) is 7.20. The lowest BCUT2D eigenvalue weighted by molar-refractivity contribution is -0.0297. The fraction of sp³-hybridized carbons (Fsp3) is 0.294. The number of aliphatic hydroxyl groups is 2. The summed E-state index contributed by atoms with van der Waals surface area (Å²) in [5.41, 5.74) is 0. The molecular weight excluding hydrogens is 348 g/mol. The molecule has 0 saturated heterocycles. The highest BCUT2D eigenvalue weighted by Gasteiger charge is 2.23. The second-order valence-electron chi connectivity index (χ2n) is 5.11. The lowest BCUT2D eigenvalue weighted by atomic mass is 10.3. The van der Waals surface area contributed by atoms with Gasteiger partial charge in [-0.15, -0.1) is 0 Å². The Bertz CT molecular complexity index is 717. The summed E-state index contributed by atoms with van der Waals surface area (Å²) < 4.78 is 39.6. The number of rotatable bonds is 10. The largest absolute Gasteiger partial charge is 0.493 e. The number of hydrogen-bond acceptors (Lipinski definition) is 7. The van der Waals surface area contributed by atoms with Gasteiger partial charge < -0.3 is 19.7 Å². The third-order valence-electron chi connectivity index (χ3n) is 2.98. The molecule has 0 heterocycles. The fourth-order valence-electron chi connectivity index (χ4n) is 1.95. The summed E-state index contributed by atoms with van der Waals surface area (Å²) in [5, 5.41) is 17.7. The average molecular weight is 368 g/mol. The van der Waals surface area contributed by atoms with Crippen molar-refractivity contribution in [1.82, 2.24) is 0 Å². The van der Waals surface area contributed by atoms with Gasteiger partial charge in [-0.2, -0.15) is 8.42 Å². The van der Waals surface area contributed by atoms with E-state index in [0.29, 0.717) is 11.5 Å². The van der Waals surface area contributed by atoms with Crippen molar-refractivity contribution in [2.75, 3.05) is 12.4 Å². The maximum atomic E-state index is 11.8. The molecule has 2 rings (SSSR count). The third kappa shape index (κ3) is 7.53. The van der Waals surface area contributed by atoms with Crippen molar-refractivity contribution in [3.05, 3.63) is 60.7 Å². The molecule has 2 aromatic rings. The Balaban J connectivity index is 1.98. The van der Waals surface area contributed by atoms with Gasteiger partial charge in [0.2, 0.25) is 6.29 Å². The van der Waals surface area contributed by atoms with Crippen LogP contribution in [0.25, 0.3) is 0 Å². The van der Waals surface area contributed by atoms with Crippen LogP contribution in [0.15, 0.2) is 60.7 Å². The molecule has 0 fully saturated rings. The van der Waals surface area contributed by atoms with Gasteiger partial charge in [0.05, 0.1) is 6.61 Å². The minimum atomic E-state index is -4.18. The molecule has 1 atom stereocenters. The minimum Gasteiger partial charge on any atom is -0.493 e. The zero-order valence-electron chi connectivity index (χ0n) is 13.4. The molecule has 0 spiro atoms. The van der Waals surface area contributed by atoms with Crippen molar-refractivity contribution in [3.63, 3.8) is 0 Å². The van der Waals surface area contributed by atoms with E-state index >= 15 is 0 Å². The lowest BCUT2D eigenvalue weighted by Crippen LogP contribution is -2.31. The van der Waals surface area contributed by atoms with E-state index in [1.54, 1.807) is 42.5 Å². The summed E-state index contributed by atoms with van der Waals surface area (Å²) in [7, 11) is -4.18. The molecule has 8 heteroatoms. The van der Waals surface area contributed by atoms with Crippen LogP contribution < -0.4 is 9.47 Å². The topological polar surface area (TPSA) is 102 Å². The van der Waals surface area contributed by atoms with Crippen LogP contribution in [0.1, 0.15) is 6.42 Å². The summed E-state index contributed by atoms with van der Waals surface area (Å²) >= 11 is 0. The van der Waals surface area contributed by atoms with Crippen LogP contribution in [0.3, 0.4) is 0 Å². The smallest absolute Gasteiger partial charge is 0.275 e. The highest BCUT2D eigenvalue weighted by atomic mass is 32.2. The maximum Gasteiger partial charge on any atom is 0.275 e. The van der Waals surface area contributed by atoms with Gasteiger partial charge in [0.15, 0.2) is 6.29 Å². The van der Waals surface area contributed by atoms with Crippen LogP contribution in [0.4, 0.5) is 0 Å².